The number of nitrogen functional groups attached to an aromatic ring is 1. The van der Waals surface area contributed by atoms with Crippen molar-refractivity contribution in [3.05, 3.63) is 32.9 Å². The van der Waals surface area contributed by atoms with E-state index in [1.807, 2.05) is 0 Å². The summed E-state index contributed by atoms with van der Waals surface area (Å²) in [4.78, 5) is 23.5. The van der Waals surface area contributed by atoms with Gasteiger partial charge in [0, 0.05) is 15.1 Å². The fraction of sp³-hybridized carbons (Fsp3) is 0.273. The molecule has 0 spiro atoms. The van der Waals surface area contributed by atoms with Crippen molar-refractivity contribution in [1.82, 2.24) is 5.43 Å². The molecule has 0 aliphatic heterocycles. The fourth-order valence-electron chi connectivity index (χ4n) is 1.56. The van der Waals surface area contributed by atoms with Crippen molar-refractivity contribution in [2.24, 2.45) is 11.8 Å². The smallest absolute Gasteiger partial charge is 0.265 e. The monoisotopic (exact) mass is 330 g/mol. The van der Waals surface area contributed by atoms with E-state index in [-0.39, 0.29) is 11.7 Å². The minimum Gasteiger partial charge on any atom is -0.294 e. The number of rotatable bonds is 3. The zero-order valence-corrected chi connectivity index (χ0v) is 10.7. The van der Waals surface area contributed by atoms with Crippen molar-refractivity contribution in [2.45, 2.75) is 12.8 Å². The number of halogens is 1. The van der Waals surface area contributed by atoms with Crippen molar-refractivity contribution in [3.8, 4) is 0 Å². The van der Waals surface area contributed by atoms with Crippen LogP contribution in [0.5, 0.6) is 0 Å². The third-order valence-corrected chi connectivity index (χ3v) is 3.24. The molecule has 0 aromatic heterocycles. The highest BCUT2D eigenvalue weighted by Crippen LogP contribution is 2.33. The summed E-state index contributed by atoms with van der Waals surface area (Å²) < 4.78 is 0.940. The molecule has 0 atom stereocenters. The van der Waals surface area contributed by atoms with Gasteiger partial charge in [-0.05, 0) is 53.6 Å². The van der Waals surface area contributed by atoms with E-state index in [0.717, 1.165) is 16.4 Å². The van der Waals surface area contributed by atoms with E-state index >= 15 is 0 Å². The summed E-state index contributed by atoms with van der Waals surface area (Å²) in [6.45, 7) is 0. The molecule has 1 saturated carbocycles. The van der Waals surface area contributed by atoms with Gasteiger partial charge in [-0.3, -0.25) is 15.0 Å². The number of Topliss-reactive ketones (excluding diaryl/α,β-unsaturated/α-hetero) is 1. The largest absolute Gasteiger partial charge is 0.294 e. The summed E-state index contributed by atoms with van der Waals surface area (Å²) in [6, 6.07) is 5.17. The van der Waals surface area contributed by atoms with E-state index in [2.05, 4.69) is 28.0 Å². The van der Waals surface area contributed by atoms with Crippen LogP contribution in [-0.4, -0.2) is 11.7 Å². The van der Waals surface area contributed by atoms with Crippen LogP contribution in [0.4, 0.5) is 0 Å². The number of hydrazine groups is 1. The highest BCUT2D eigenvalue weighted by Gasteiger charge is 2.32. The Labute approximate surface area is 107 Å². The summed E-state index contributed by atoms with van der Waals surface area (Å²) in [5, 5.41) is 0. The number of nitrogens with one attached hydrogen (secondary N) is 1. The average molecular weight is 330 g/mol. The van der Waals surface area contributed by atoms with Crippen LogP contribution in [0.1, 0.15) is 33.6 Å². The molecule has 0 unspecified atom stereocenters. The molecule has 0 bridgehead atoms. The highest BCUT2D eigenvalue weighted by atomic mass is 127. The molecule has 1 aromatic rings. The van der Waals surface area contributed by atoms with Gasteiger partial charge < -0.3 is 0 Å². The van der Waals surface area contributed by atoms with Crippen LogP contribution in [-0.2, 0) is 0 Å². The Bertz CT molecular complexity index is 455. The SMILES string of the molecule is NNC(=O)c1ccc(I)cc1C(=O)C1CC1. The molecule has 1 aliphatic carbocycles. The Balaban J connectivity index is 2.43. The molecule has 0 saturated heterocycles. The molecule has 4 nitrogen and oxygen atoms in total. The van der Waals surface area contributed by atoms with E-state index in [0.29, 0.717) is 11.1 Å². The standard InChI is InChI=1S/C11H11IN2O2/c12-7-3-4-8(11(16)14-13)9(5-7)10(15)6-1-2-6/h3-6H,1-2,13H2,(H,14,16). The van der Waals surface area contributed by atoms with Gasteiger partial charge in [0.15, 0.2) is 5.78 Å². The fourth-order valence-corrected chi connectivity index (χ4v) is 2.05. The van der Waals surface area contributed by atoms with Crippen LogP contribution >= 0.6 is 22.6 Å². The van der Waals surface area contributed by atoms with Crippen molar-refractivity contribution in [2.75, 3.05) is 0 Å². The normalized spacial score (nSPS) is 14.6. The van der Waals surface area contributed by atoms with Gasteiger partial charge in [0.25, 0.3) is 5.91 Å². The summed E-state index contributed by atoms with van der Waals surface area (Å²) in [6.07, 6.45) is 1.85. The molecule has 1 aliphatic rings. The zero-order chi connectivity index (χ0) is 11.7. The van der Waals surface area contributed by atoms with Gasteiger partial charge in [-0.25, -0.2) is 5.84 Å². The van der Waals surface area contributed by atoms with Crippen molar-refractivity contribution in [1.29, 1.82) is 0 Å². The highest BCUT2D eigenvalue weighted by molar-refractivity contribution is 14.1. The molecule has 1 amide bonds. The van der Waals surface area contributed by atoms with Crippen molar-refractivity contribution < 1.29 is 9.59 Å². The first-order chi connectivity index (χ1) is 7.63. The minimum atomic E-state index is -0.416. The predicted molar refractivity (Wildman–Crippen MR) is 67.9 cm³/mol. The van der Waals surface area contributed by atoms with Crippen molar-refractivity contribution in [3.63, 3.8) is 0 Å². The summed E-state index contributed by atoms with van der Waals surface area (Å²) in [7, 11) is 0. The maximum Gasteiger partial charge on any atom is 0.265 e. The lowest BCUT2D eigenvalue weighted by molar-refractivity contribution is 0.0926. The van der Waals surface area contributed by atoms with Crippen LogP contribution in [0.2, 0.25) is 0 Å². The van der Waals surface area contributed by atoms with Gasteiger partial charge >= 0.3 is 0 Å². The number of benzene rings is 1. The summed E-state index contributed by atoms with van der Waals surface area (Å²) in [5.41, 5.74) is 2.91. The Morgan fingerprint density at radius 2 is 2.00 bits per heavy atom. The molecule has 2 rings (SSSR count). The maximum atomic E-state index is 12.0. The Morgan fingerprint density at radius 1 is 1.31 bits per heavy atom. The van der Waals surface area contributed by atoms with E-state index in [9.17, 15) is 9.59 Å². The molecule has 1 aromatic carbocycles. The topological polar surface area (TPSA) is 72.2 Å². The number of amides is 1. The first-order valence-electron chi connectivity index (χ1n) is 4.98. The van der Waals surface area contributed by atoms with E-state index in [4.69, 9.17) is 5.84 Å². The van der Waals surface area contributed by atoms with Crippen LogP contribution < -0.4 is 11.3 Å². The van der Waals surface area contributed by atoms with Gasteiger partial charge in [0.2, 0.25) is 0 Å². The van der Waals surface area contributed by atoms with Crippen LogP contribution in [0.25, 0.3) is 0 Å². The number of nitrogens with two attached hydrogens (primary N) is 1. The van der Waals surface area contributed by atoms with E-state index in [1.54, 1.807) is 18.2 Å². The third kappa shape index (κ3) is 2.25. The second kappa shape index (κ2) is 4.50. The third-order valence-electron chi connectivity index (χ3n) is 2.57. The lowest BCUT2D eigenvalue weighted by Gasteiger charge is -2.07. The molecular weight excluding hydrogens is 319 g/mol. The second-order valence-corrected chi connectivity index (χ2v) is 5.05. The molecular formula is C11H11IN2O2. The number of ketones is 1. The molecule has 0 radical (unpaired) electrons. The van der Waals surface area contributed by atoms with Crippen molar-refractivity contribution >= 4 is 34.3 Å². The van der Waals surface area contributed by atoms with Gasteiger partial charge in [-0.15, -0.1) is 0 Å². The number of carbonyl (C=O) groups is 2. The van der Waals surface area contributed by atoms with Crippen LogP contribution in [0, 0.1) is 9.49 Å². The molecule has 1 fully saturated rings. The Morgan fingerprint density at radius 3 is 2.56 bits per heavy atom. The first kappa shape index (κ1) is 11.5. The lowest BCUT2D eigenvalue weighted by atomic mass is 10.0. The Kier molecular flexibility index (Phi) is 3.25. The minimum absolute atomic E-state index is 0.0529. The summed E-state index contributed by atoms with van der Waals surface area (Å²) >= 11 is 2.12. The first-order valence-corrected chi connectivity index (χ1v) is 6.06. The predicted octanol–water partition coefficient (Wildman–Crippen LogP) is 1.49. The number of carbonyl (C=O) groups excluding carboxylic acids is 2. The molecule has 5 heteroatoms. The number of hydrogen-bond acceptors (Lipinski definition) is 3. The van der Waals surface area contributed by atoms with Gasteiger partial charge in [0.05, 0.1) is 5.56 Å². The summed E-state index contributed by atoms with van der Waals surface area (Å²) in [5.74, 6) is 4.83. The molecule has 16 heavy (non-hydrogen) atoms. The zero-order valence-electron chi connectivity index (χ0n) is 8.50. The van der Waals surface area contributed by atoms with Crippen LogP contribution in [0.3, 0.4) is 0 Å². The molecule has 84 valence electrons. The van der Waals surface area contributed by atoms with Crippen LogP contribution in [0.15, 0.2) is 18.2 Å². The number of hydrogen-bond donors (Lipinski definition) is 2. The average Bonchev–Trinajstić information content (AvgIpc) is 3.11. The molecule has 0 heterocycles. The van der Waals surface area contributed by atoms with E-state index in [1.165, 1.54) is 0 Å². The van der Waals surface area contributed by atoms with Gasteiger partial charge in [-0.2, -0.15) is 0 Å². The van der Waals surface area contributed by atoms with Gasteiger partial charge in [0.1, 0.15) is 0 Å². The second-order valence-electron chi connectivity index (χ2n) is 3.80. The quantitative estimate of drug-likeness (QED) is 0.290. The molecule has 3 N–H and O–H groups in total. The van der Waals surface area contributed by atoms with E-state index < -0.39 is 5.91 Å². The Hall–Kier alpha value is -0.950. The maximum absolute atomic E-state index is 12.0. The van der Waals surface area contributed by atoms with Gasteiger partial charge in [-0.1, -0.05) is 0 Å². The lowest BCUT2D eigenvalue weighted by Crippen LogP contribution is -2.31.